The van der Waals surface area contributed by atoms with Crippen LogP contribution in [0.3, 0.4) is 0 Å². The number of ketones is 1. The molecule has 4 aromatic rings. The summed E-state index contributed by atoms with van der Waals surface area (Å²) in [6.45, 7) is 1.42. The first kappa shape index (κ1) is 20.2. The number of aromatic nitrogens is 4. The lowest BCUT2D eigenvalue weighted by molar-refractivity contribution is -0.124. The Morgan fingerprint density at radius 1 is 1.22 bits per heavy atom. The van der Waals surface area contributed by atoms with Crippen molar-refractivity contribution in [1.82, 2.24) is 19.5 Å². The van der Waals surface area contributed by atoms with Gasteiger partial charge < -0.3 is 24.5 Å². The molecule has 9 heteroatoms. The standard InChI is InChI=1S/C23H21N5O4/c1-12(29)15-10-16(21(31)20(15)30)28-11-25-19-22(24-2)26-18(27-23(19)28)8-7-14-9-13-5-3-4-6-17(13)32-14/h3-6,9,11,15-16,20-21,30-31H,10H2,1-2H3,(H,24,26,27)/t15-,16-,20?,21+/m1/s1. The first-order chi connectivity index (χ1) is 15.5. The Labute approximate surface area is 183 Å². The lowest BCUT2D eigenvalue weighted by atomic mass is 10.0. The third kappa shape index (κ3) is 3.30. The first-order valence-corrected chi connectivity index (χ1v) is 10.3. The largest absolute Gasteiger partial charge is 0.448 e. The van der Waals surface area contributed by atoms with Gasteiger partial charge in [0.2, 0.25) is 5.82 Å². The van der Waals surface area contributed by atoms with E-state index in [4.69, 9.17) is 4.42 Å². The number of nitrogens with one attached hydrogen (secondary N) is 1. The number of furan rings is 1. The van der Waals surface area contributed by atoms with Crippen molar-refractivity contribution in [2.75, 3.05) is 12.4 Å². The molecule has 0 radical (unpaired) electrons. The number of aliphatic hydroxyl groups excluding tert-OH is 2. The highest BCUT2D eigenvalue weighted by Gasteiger charge is 2.45. The molecule has 1 fully saturated rings. The molecule has 3 heterocycles. The molecule has 1 unspecified atom stereocenters. The number of fused-ring (bicyclic) bond motifs is 2. The summed E-state index contributed by atoms with van der Waals surface area (Å²) in [5, 5.41) is 24.8. The van der Waals surface area contributed by atoms with Crippen LogP contribution in [0.1, 0.15) is 31.0 Å². The fraction of sp³-hybridized carbons (Fsp3) is 0.304. The van der Waals surface area contributed by atoms with E-state index in [-0.39, 0.29) is 11.6 Å². The van der Waals surface area contributed by atoms with Gasteiger partial charge in [0.1, 0.15) is 17.5 Å². The molecule has 3 aromatic heterocycles. The number of nitrogens with zero attached hydrogens (tertiary/aromatic N) is 4. The summed E-state index contributed by atoms with van der Waals surface area (Å²) in [5.74, 6) is 6.32. The topological polar surface area (TPSA) is 126 Å². The van der Waals surface area contributed by atoms with E-state index in [2.05, 4.69) is 32.1 Å². The van der Waals surface area contributed by atoms with Crippen LogP contribution in [0, 0.1) is 17.8 Å². The van der Waals surface area contributed by atoms with Crippen LogP contribution in [0.15, 0.2) is 41.1 Å². The van der Waals surface area contributed by atoms with E-state index < -0.39 is 24.2 Å². The van der Waals surface area contributed by atoms with Crippen LogP contribution in [0.2, 0.25) is 0 Å². The summed E-state index contributed by atoms with van der Waals surface area (Å²) in [4.78, 5) is 25.2. The van der Waals surface area contributed by atoms with E-state index in [9.17, 15) is 15.0 Å². The third-order valence-corrected chi connectivity index (χ3v) is 5.91. The molecule has 9 nitrogen and oxygen atoms in total. The van der Waals surface area contributed by atoms with Gasteiger partial charge in [0.25, 0.3) is 0 Å². The maximum atomic E-state index is 11.9. The van der Waals surface area contributed by atoms with Crippen LogP contribution < -0.4 is 5.32 Å². The molecule has 0 bridgehead atoms. The Hall–Kier alpha value is -3.74. The zero-order valence-corrected chi connectivity index (χ0v) is 17.5. The van der Waals surface area contributed by atoms with Crippen molar-refractivity contribution in [2.45, 2.75) is 31.6 Å². The molecule has 162 valence electrons. The van der Waals surface area contributed by atoms with Crippen LogP contribution in [0.4, 0.5) is 5.82 Å². The average Bonchev–Trinajstić information content (AvgIpc) is 3.47. The number of imidazole rings is 1. The van der Waals surface area contributed by atoms with Gasteiger partial charge in [-0.25, -0.2) is 15.0 Å². The third-order valence-electron chi connectivity index (χ3n) is 5.91. The van der Waals surface area contributed by atoms with E-state index >= 15 is 0 Å². The zero-order chi connectivity index (χ0) is 22.4. The number of benzene rings is 1. The molecule has 5 rings (SSSR count). The smallest absolute Gasteiger partial charge is 0.209 e. The predicted molar refractivity (Wildman–Crippen MR) is 117 cm³/mol. The lowest BCUT2D eigenvalue weighted by Gasteiger charge is -2.18. The Morgan fingerprint density at radius 3 is 2.75 bits per heavy atom. The number of anilines is 1. The molecule has 0 aliphatic heterocycles. The molecule has 1 aromatic carbocycles. The maximum absolute atomic E-state index is 11.9. The maximum Gasteiger partial charge on any atom is 0.209 e. The summed E-state index contributed by atoms with van der Waals surface area (Å²) >= 11 is 0. The van der Waals surface area contributed by atoms with Gasteiger partial charge in [0, 0.05) is 24.4 Å². The van der Waals surface area contributed by atoms with Crippen molar-refractivity contribution in [1.29, 1.82) is 0 Å². The lowest BCUT2D eigenvalue weighted by Crippen LogP contribution is -2.31. The van der Waals surface area contributed by atoms with Crippen molar-refractivity contribution >= 4 is 33.7 Å². The van der Waals surface area contributed by atoms with Gasteiger partial charge in [-0.3, -0.25) is 4.79 Å². The number of aliphatic hydroxyl groups is 2. The van der Waals surface area contributed by atoms with Gasteiger partial charge >= 0.3 is 0 Å². The van der Waals surface area contributed by atoms with Crippen LogP contribution in [0.5, 0.6) is 0 Å². The molecule has 0 amide bonds. The first-order valence-electron chi connectivity index (χ1n) is 10.3. The molecule has 1 saturated carbocycles. The van der Waals surface area contributed by atoms with Gasteiger partial charge in [0.15, 0.2) is 22.7 Å². The molecule has 4 atom stereocenters. The summed E-state index contributed by atoms with van der Waals surface area (Å²) in [6.07, 6.45) is -0.408. The monoisotopic (exact) mass is 431 g/mol. The second kappa shape index (κ2) is 7.75. The number of carbonyl (C=O) groups excluding carboxylic acids is 1. The molecular formula is C23H21N5O4. The van der Waals surface area contributed by atoms with Crippen molar-refractivity contribution in [3.8, 4) is 11.8 Å². The number of Topliss-reactive ketones (excluding diaryl/α,β-unsaturated/α-hetero) is 1. The van der Waals surface area contributed by atoms with Gasteiger partial charge in [0.05, 0.1) is 18.5 Å². The van der Waals surface area contributed by atoms with Crippen LogP contribution >= 0.6 is 0 Å². The van der Waals surface area contributed by atoms with Gasteiger partial charge in [-0.1, -0.05) is 18.2 Å². The minimum Gasteiger partial charge on any atom is -0.448 e. The zero-order valence-electron chi connectivity index (χ0n) is 17.5. The fourth-order valence-electron chi connectivity index (χ4n) is 4.24. The van der Waals surface area contributed by atoms with E-state index in [1.165, 1.54) is 6.92 Å². The van der Waals surface area contributed by atoms with Crippen molar-refractivity contribution in [3.05, 3.63) is 48.2 Å². The summed E-state index contributed by atoms with van der Waals surface area (Å²) in [7, 11) is 1.72. The SMILES string of the molecule is CNc1nc(C#Cc2cc3ccccc3o2)nc2c1ncn2[C@@H]1C[C@H](C(C)=O)C(O)[C@H]1O. The summed E-state index contributed by atoms with van der Waals surface area (Å²) < 4.78 is 7.41. The van der Waals surface area contributed by atoms with E-state index in [0.29, 0.717) is 29.2 Å². The van der Waals surface area contributed by atoms with E-state index in [0.717, 1.165) is 11.0 Å². The van der Waals surface area contributed by atoms with E-state index in [1.54, 1.807) is 17.9 Å². The predicted octanol–water partition coefficient (Wildman–Crippen LogP) is 1.89. The van der Waals surface area contributed by atoms with E-state index in [1.807, 2.05) is 30.3 Å². The molecule has 0 spiro atoms. The van der Waals surface area contributed by atoms with Gasteiger partial charge in [-0.15, -0.1) is 0 Å². The number of hydrogen-bond donors (Lipinski definition) is 3. The second-order valence-corrected chi connectivity index (χ2v) is 7.87. The van der Waals surface area contributed by atoms with Crippen LogP contribution in [0.25, 0.3) is 22.1 Å². The summed E-state index contributed by atoms with van der Waals surface area (Å²) in [6, 6.07) is 8.95. The van der Waals surface area contributed by atoms with Crippen molar-refractivity contribution in [2.24, 2.45) is 5.92 Å². The van der Waals surface area contributed by atoms with Gasteiger partial charge in [-0.05, 0) is 31.3 Å². The number of para-hydroxylation sites is 1. The Kier molecular flexibility index (Phi) is 4.89. The number of rotatable bonds is 3. The Bertz CT molecular complexity index is 1360. The fourth-order valence-corrected chi connectivity index (χ4v) is 4.24. The highest BCUT2D eigenvalue weighted by atomic mass is 16.3. The minimum absolute atomic E-state index is 0.161. The minimum atomic E-state index is -1.13. The van der Waals surface area contributed by atoms with Crippen LogP contribution in [-0.2, 0) is 4.79 Å². The number of carbonyl (C=O) groups is 1. The highest BCUT2D eigenvalue weighted by molar-refractivity contribution is 5.84. The molecule has 1 aliphatic carbocycles. The van der Waals surface area contributed by atoms with Crippen LogP contribution in [-0.4, -0.2) is 54.8 Å². The molecular weight excluding hydrogens is 410 g/mol. The number of hydrogen-bond acceptors (Lipinski definition) is 8. The summed E-state index contributed by atoms with van der Waals surface area (Å²) in [5.41, 5.74) is 1.71. The molecule has 32 heavy (non-hydrogen) atoms. The normalized spacial score (nSPS) is 22.8. The molecule has 1 aliphatic rings. The average molecular weight is 431 g/mol. The molecule has 3 N–H and O–H groups in total. The van der Waals surface area contributed by atoms with Crippen molar-refractivity contribution in [3.63, 3.8) is 0 Å². The highest BCUT2D eigenvalue weighted by Crippen LogP contribution is 2.37. The Balaban J connectivity index is 1.55. The quantitative estimate of drug-likeness (QED) is 0.420. The second-order valence-electron chi connectivity index (χ2n) is 7.87. The Morgan fingerprint density at radius 2 is 2.03 bits per heavy atom. The van der Waals surface area contributed by atoms with Gasteiger partial charge in [-0.2, -0.15) is 0 Å². The molecule has 0 saturated heterocycles. The van der Waals surface area contributed by atoms with Crippen molar-refractivity contribution < 1.29 is 19.4 Å².